The quantitative estimate of drug-likeness (QED) is 0.689. The summed E-state index contributed by atoms with van der Waals surface area (Å²) < 4.78 is 4.97. The second kappa shape index (κ2) is 8.55. The SMILES string of the molecule is CCC(C)c1nnc(CCCNCCOC)s1. The molecular weight excluding hydrogens is 234 g/mol. The van der Waals surface area contributed by atoms with Crippen LogP contribution < -0.4 is 5.32 Å². The lowest BCUT2D eigenvalue weighted by molar-refractivity contribution is 0.199. The largest absolute Gasteiger partial charge is 0.383 e. The van der Waals surface area contributed by atoms with Gasteiger partial charge in [-0.05, 0) is 19.4 Å². The highest BCUT2D eigenvalue weighted by Crippen LogP contribution is 2.22. The normalized spacial score (nSPS) is 12.9. The molecule has 0 fully saturated rings. The smallest absolute Gasteiger partial charge is 0.120 e. The van der Waals surface area contributed by atoms with Gasteiger partial charge in [0.1, 0.15) is 10.0 Å². The van der Waals surface area contributed by atoms with Crippen molar-refractivity contribution in [3.05, 3.63) is 10.0 Å². The third-order valence-corrected chi connectivity index (χ3v) is 3.96. The van der Waals surface area contributed by atoms with E-state index < -0.39 is 0 Å². The van der Waals surface area contributed by atoms with Gasteiger partial charge >= 0.3 is 0 Å². The fourth-order valence-corrected chi connectivity index (χ4v) is 2.42. The van der Waals surface area contributed by atoms with Crippen molar-refractivity contribution in [2.45, 2.75) is 39.0 Å². The molecule has 98 valence electrons. The standard InChI is InChI=1S/C12H23N3OS/c1-4-10(2)12-15-14-11(17-12)6-5-7-13-8-9-16-3/h10,13H,4-9H2,1-3H3. The van der Waals surface area contributed by atoms with Crippen molar-refractivity contribution in [1.29, 1.82) is 0 Å². The molecule has 17 heavy (non-hydrogen) atoms. The molecule has 1 aromatic heterocycles. The van der Waals surface area contributed by atoms with Gasteiger partial charge in [-0.15, -0.1) is 21.5 Å². The topological polar surface area (TPSA) is 47.0 Å². The molecule has 1 N–H and O–H groups in total. The zero-order valence-corrected chi connectivity index (χ0v) is 11.8. The summed E-state index contributed by atoms with van der Waals surface area (Å²) in [5.41, 5.74) is 0. The highest BCUT2D eigenvalue weighted by atomic mass is 32.1. The zero-order valence-electron chi connectivity index (χ0n) is 11.0. The van der Waals surface area contributed by atoms with Crippen LogP contribution in [0.1, 0.15) is 42.6 Å². The molecule has 0 aliphatic heterocycles. The Hall–Kier alpha value is -0.520. The maximum atomic E-state index is 4.97. The molecule has 0 saturated heterocycles. The lowest BCUT2D eigenvalue weighted by atomic mass is 10.1. The first-order valence-corrected chi connectivity index (χ1v) is 7.11. The number of nitrogens with one attached hydrogen (secondary N) is 1. The van der Waals surface area contributed by atoms with E-state index in [4.69, 9.17) is 4.74 Å². The third kappa shape index (κ3) is 5.57. The minimum Gasteiger partial charge on any atom is -0.383 e. The van der Waals surface area contributed by atoms with Crippen LogP contribution in [0.3, 0.4) is 0 Å². The number of hydrogen-bond acceptors (Lipinski definition) is 5. The van der Waals surface area contributed by atoms with Gasteiger partial charge in [0.15, 0.2) is 0 Å². The van der Waals surface area contributed by atoms with E-state index in [1.165, 1.54) is 5.01 Å². The van der Waals surface area contributed by atoms with E-state index in [9.17, 15) is 0 Å². The van der Waals surface area contributed by atoms with E-state index in [1.54, 1.807) is 18.4 Å². The van der Waals surface area contributed by atoms with Crippen molar-refractivity contribution >= 4 is 11.3 Å². The predicted molar refractivity (Wildman–Crippen MR) is 71.7 cm³/mol. The molecule has 1 heterocycles. The molecule has 5 heteroatoms. The van der Waals surface area contributed by atoms with E-state index >= 15 is 0 Å². The number of hydrogen-bond donors (Lipinski definition) is 1. The van der Waals surface area contributed by atoms with Crippen molar-refractivity contribution in [3.8, 4) is 0 Å². The molecule has 0 saturated carbocycles. The summed E-state index contributed by atoms with van der Waals surface area (Å²) in [5, 5.41) is 14.1. The number of rotatable bonds is 9. The van der Waals surface area contributed by atoms with Crippen molar-refractivity contribution in [3.63, 3.8) is 0 Å². The molecule has 1 atom stereocenters. The number of ether oxygens (including phenoxy) is 1. The maximum absolute atomic E-state index is 4.97. The molecule has 1 rings (SSSR count). The molecule has 0 aromatic carbocycles. The van der Waals surface area contributed by atoms with Gasteiger partial charge in [0.05, 0.1) is 6.61 Å². The van der Waals surface area contributed by atoms with E-state index in [0.29, 0.717) is 5.92 Å². The van der Waals surface area contributed by atoms with Crippen LogP contribution in [-0.4, -0.2) is 37.0 Å². The Morgan fingerprint density at radius 3 is 2.88 bits per heavy atom. The molecule has 0 spiro atoms. The van der Waals surface area contributed by atoms with Crippen LogP contribution >= 0.6 is 11.3 Å². The highest BCUT2D eigenvalue weighted by molar-refractivity contribution is 7.11. The van der Waals surface area contributed by atoms with Crippen LogP contribution in [0.4, 0.5) is 0 Å². The summed E-state index contributed by atoms with van der Waals surface area (Å²) >= 11 is 1.76. The molecular formula is C12H23N3OS. The van der Waals surface area contributed by atoms with Gasteiger partial charge in [-0.25, -0.2) is 0 Å². The first-order chi connectivity index (χ1) is 8.27. The molecule has 0 amide bonds. The van der Waals surface area contributed by atoms with Crippen molar-refractivity contribution < 1.29 is 4.74 Å². The number of aryl methyl sites for hydroxylation is 1. The first-order valence-electron chi connectivity index (χ1n) is 6.29. The molecule has 0 bridgehead atoms. The van der Waals surface area contributed by atoms with E-state index in [2.05, 4.69) is 29.4 Å². The van der Waals surface area contributed by atoms with Gasteiger partial charge in [-0.3, -0.25) is 0 Å². The average Bonchev–Trinajstić information content (AvgIpc) is 2.81. The predicted octanol–water partition coefficient (Wildman–Crippen LogP) is 2.22. The van der Waals surface area contributed by atoms with Gasteiger partial charge in [-0.1, -0.05) is 13.8 Å². The first kappa shape index (κ1) is 14.5. The van der Waals surface area contributed by atoms with Crippen LogP contribution in [0, 0.1) is 0 Å². The fraction of sp³-hybridized carbons (Fsp3) is 0.833. The lowest BCUT2D eigenvalue weighted by Gasteiger charge is -2.02. The van der Waals surface area contributed by atoms with E-state index in [-0.39, 0.29) is 0 Å². The summed E-state index contributed by atoms with van der Waals surface area (Å²) in [6, 6.07) is 0. The molecule has 1 aromatic rings. The Kier molecular flexibility index (Phi) is 7.32. The van der Waals surface area contributed by atoms with E-state index in [1.807, 2.05) is 0 Å². The van der Waals surface area contributed by atoms with Crippen molar-refractivity contribution in [2.75, 3.05) is 26.8 Å². The Balaban J connectivity index is 2.16. The summed E-state index contributed by atoms with van der Waals surface area (Å²) in [4.78, 5) is 0. The Labute approximate surface area is 108 Å². The third-order valence-electron chi connectivity index (χ3n) is 2.74. The van der Waals surface area contributed by atoms with Crippen LogP contribution in [0.15, 0.2) is 0 Å². The van der Waals surface area contributed by atoms with Gasteiger partial charge in [0.2, 0.25) is 0 Å². The van der Waals surface area contributed by atoms with Gasteiger partial charge < -0.3 is 10.1 Å². The summed E-state index contributed by atoms with van der Waals surface area (Å²) in [5.74, 6) is 0.543. The Bertz CT molecular complexity index is 304. The molecule has 1 unspecified atom stereocenters. The van der Waals surface area contributed by atoms with Crippen LogP contribution in [-0.2, 0) is 11.2 Å². The van der Waals surface area contributed by atoms with Crippen LogP contribution in [0.2, 0.25) is 0 Å². The maximum Gasteiger partial charge on any atom is 0.120 e. The highest BCUT2D eigenvalue weighted by Gasteiger charge is 2.09. The average molecular weight is 257 g/mol. The zero-order chi connectivity index (χ0) is 12.5. The molecule has 0 aliphatic carbocycles. The van der Waals surface area contributed by atoms with E-state index in [0.717, 1.165) is 44.0 Å². The summed E-state index contributed by atoms with van der Waals surface area (Å²) in [6.07, 6.45) is 3.26. The van der Waals surface area contributed by atoms with Crippen molar-refractivity contribution in [2.24, 2.45) is 0 Å². The lowest BCUT2D eigenvalue weighted by Crippen LogP contribution is -2.20. The number of methoxy groups -OCH3 is 1. The second-order valence-electron chi connectivity index (χ2n) is 4.19. The second-order valence-corrected chi connectivity index (χ2v) is 5.28. The number of aromatic nitrogens is 2. The summed E-state index contributed by atoms with van der Waals surface area (Å²) in [6.45, 7) is 7.10. The van der Waals surface area contributed by atoms with Crippen LogP contribution in [0.5, 0.6) is 0 Å². The van der Waals surface area contributed by atoms with Crippen molar-refractivity contribution in [1.82, 2.24) is 15.5 Å². The van der Waals surface area contributed by atoms with Gasteiger partial charge in [0, 0.05) is 26.0 Å². The molecule has 0 aliphatic rings. The monoisotopic (exact) mass is 257 g/mol. The van der Waals surface area contributed by atoms with Crippen LogP contribution in [0.25, 0.3) is 0 Å². The summed E-state index contributed by atoms with van der Waals surface area (Å²) in [7, 11) is 1.72. The number of nitrogens with zero attached hydrogens (tertiary/aromatic N) is 2. The fourth-order valence-electron chi connectivity index (χ4n) is 1.41. The Morgan fingerprint density at radius 2 is 2.18 bits per heavy atom. The molecule has 0 radical (unpaired) electrons. The molecule has 4 nitrogen and oxygen atoms in total. The van der Waals surface area contributed by atoms with Gasteiger partial charge in [0.25, 0.3) is 0 Å². The Morgan fingerprint density at radius 1 is 1.35 bits per heavy atom. The minimum absolute atomic E-state index is 0.543. The minimum atomic E-state index is 0.543. The van der Waals surface area contributed by atoms with Gasteiger partial charge in [-0.2, -0.15) is 0 Å².